The molecule has 0 spiro atoms. The minimum atomic E-state index is -0.149. The summed E-state index contributed by atoms with van der Waals surface area (Å²) in [5.74, 6) is 0.780. The first-order chi connectivity index (χ1) is 14.7. The van der Waals surface area contributed by atoms with E-state index in [2.05, 4.69) is 19.9 Å². The van der Waals surface area contributed by atoms with Crippen molar-refractivity contribution in [2.24, 2.45) is 0 Å². The van der Waals surface area contributed by atoms with Gasteiger partial charge in [0.1, 0.15) is 5.75 Å². The van der Waals surface area contributed by atoms with Gasteiger partial charge in [-0.25, -0.2) is 9.97 Å². The van der Waals surface area contributed by atoms with Crippen LogP contribution < -0.4 is 10.3 Å². The van der Waals surface area contributed by atoms with Crippen LogP contribution in [-0.4, -0.2) is 36.0 Å². The number of pyridine rings is 1. The molecule has 0 aliphatic rings. The Balaban J connectivity index is 1.61. The summed E-state index contributed by atoms with van der Waals surface area (Å²) in [6, 6.07) is 11.1. The zero-order chi connectivity index (χ0) is 20.5. The van der Waals surface area contributed by atoms with Crippen molar-refractivity contribution in [3.05, 3.63) is 89.8 Å². The molecule has 0 saturated carbocycles. The van der Waals surface area contributed by atoms with Gasteiger partial charge in [0.15, 0.2) is 5.65 Å². The number of benzene rings is 1. The van der Waals surface area contributed by atoms with Crippen LogP contribution in [0.2, 0.25) is 0 Å². The lowest BCUT2D eigenvalue weighted by molar-refractivity contribution is 0.415. The Kier molecular flexibility index (Phi) is 4.36. The van der Waals surface area contributed by atoms with Gasteiger partial charge in [-0.2, -0.15) is 0 Å². The molecule has 5 rings (SSSR count). The number of H-pyrrole nitrogens is 1. The average molecular weight is 398 g/mol. The molecule has 4 aromatic heterocycles. The molecule has 5 aromatic rings. The SMILES string of the molecule is COc1ccc(-c2ncn(Cc3cn4ccncc4n3)c2-c2ccc(=O)[nH]c2)cc1. The second-order valence-electron chi connectivity index (χ2n) is 6.81. The lowest BCUT2D eigenvalue weighted by atomic mass is 10.1. The van der Waals surface area contributed by atoms with Gasteiger partial charge < -0.3 is 18.7 Å². The number of aromatic amines is 1. The zero-order valence-corrected chi connectivity index (χ0v) is 16.2. The summed E-state index contributed by atoms with van der Waals surface area (Å²) in [6.45, 7) is 0.527. The van der Waals surface area contributed by atoms with E-state index in [0.29, 0.717) is 6.54 Å². The summed E-state index contributed by atoms with van der Waals surface area (Å²) in [5.41, 5.74) is 5.05. The Labute approximate surface area is 171 Å². The quantitative estimate of drug-likeness (QED) is 0.492. The van der Waals surface area contributed by atoms with E-state index in [4.69, 9.17) is 4.74 Å². The third-order valence-electron chi connectivity index (χ3n) is 4.91. The fraction of sp³-hybridized carbons (Fsp3) is 0.0909. The van der Waals surface area contributed by atoms with Crippen molar-refractivity contribution < 1.29 is 4.74 Å². The number of hydrogen-bond acceptors (Lipinski definition) is 5. The minimum Gasteiger partial charge on any atom is -0.497 e. The number of aromatic nitrogens is 6. The summed E-state index contributed by atoms with van der Waals surface area (Å²) in [6.07, 6.45) is 10.8. The molecular formula is C22H18N6O2. The maximum atomic E-state index is 11.6. The molecule has 0 saturated heterocycles. The fourth-order valence-corrected chi connectivity index (χ4v) is 3.47. The van der Waals surface area contributed by atoms with Crippen LogP contribution in [0.15, 0.2) is 78.5 Å². The van der Waals surface area contributed by atoms with Crippen molar-refractivity contribution in [1.82, 2.24) is 28.9 Å². The number of rotatable bonds is 5. The maximum Gasteiger partial charge on any atom is 0.247 e. The molecule has 4 heterocycles. The predicted molar refractivity (Wildman–Crippen MR) is 112 cm³/mol. The Hall–Kier alpha value is -4.20. The van der Waals surface area contributed by atoms with Crippen molar-refractivity contribution in [1.29, 1.82) is 0 Å². The fourth-order valence-electron chi connectivity index (χ4n) is 3.47. The van der Waals surface area contributed by atoms with Gasteiger partial charge in [0, 0.05) is 42.0 Å². The molecular weight excluding hydrogens is 380 g/mol. The molecule has 8 nitrogen and oxygen atoms in total. The lowest BCUT2D eigenvalue weighted by Crippen LogP contribution is -2.05. The molecule has 1 N–H and O–H groups in total. The van der Waals surface area contributed by atoms with Gasteiger partial charge in [0.25, 0.3) is 0 Å². The molecule has 0 aliphatic heterocycles. The molecule has 0 aliphatic carbocycles. The van der Waals surface area contributed by atoms with E-state index in [-0.39, 0.29) is 5.56 Å². The van der Waals surface area contributed by atoms with Crippen molar-refractivity contribution in [2.75, 3.05) is 7.11 Å². The van der Waals surface area contributed by atoms with E-state index in [1.165, 1.54) is 6.07 Å². The average Bonchev–Trinajstić information content (AvgIpc) is 3.38. The van der Waals surface area contributed by atoms with E-state index in [0.717, 1.165) is 39.6 Å². The third kappa shape index (κ3) is 3.24. The Morgan fingerprint density at radius 3 is 2.67 bits per heavy atom. The summed E-state index contributed by atoms with van der Waals surface area (Å²) in [5, 5.41) is 0. The van der Waals surface area contributed by atoms with E-state index < -0.39 is 0 Å². The van der Waals surface area contributed by atoms with Crippen molar-refractivity contribution in [3.8, 4) is 28.3 Å². The van der Waals surface area contributed by atoms with Crippen LogP contribution >= 0.6 is 0 Å². The van der Waals surface area contributed by atoms with Crippen LogP contribution in [0.25, 0.3) is 28.2 Å². The van der Waals surface area contributed by atoms with Crippen LogP contribution in [0.5, 0.6) is 5.75 Å². The highest BCUT2D eigenvalue weighted by atomic mass is 16.5. The highest BCUT2D eigenvalue weighted by Gasteiger charge is 2.16. The number of nitrogens with one attached hydrogen (secondary N) is 1. The molecule has 0 unspecified atom stereocenters. The van der Waals surface area contributed by atoms with Gasteiger partial charge >= 0.3 is 0 Å². The summed E-state index contributed by atoms with van der Waals surface area (Å²) < 4.78 is 9.23. The van der Waals surface area contributed by atoms with E-state index in [9.17, 15) is 4.79 Å². The van der Waals surface area contributed by atoms with Crippen LogP contribution in [0.3, 0.4) is 0 Å². The second kappa shape index (κ2) is 7.32. The monoisotopic (exact) mass is 398 g/mol. The van der Waals surface area contributed by atoms with Gasteiger partial charge in [-0.15, -0.1) is 0 Å². The highest BCUT2D eigenvalue weighted by molar-refractivity contribution is 5.78. The van der Waals surface area contributed by atoms with Crippen molar-refractivity contribution in [2.45, 2.75) is 6.54 Å². The van der Waals surface area contributed by atoms with Crippen molar-refractivity contribution in [3.63, 3.8) is 0 Å². The van der Waals surface area contributed by atoms with Gasteiger partial charge in [-0.3, -0.25) is 9.78 Å². The number of imidazole rings is 2. The van der Waals surface area contributed by atoms with E-state index in [1.807, 2.05) is 45.6 Å². The van der Waals surface area contributed by atoms with E-state index >= 15 is 0 Å². The van der Waals surface area contributed by atoms with Gasteiger partial charge in [-0.1, -0.05) is 0 Å². The number of ether oxygens (including phenoxy) is 1. The molecule has 0 fully saturated rings. The second-order valence-corrected chi connectivity index (χ2v) is 6.81. The van der Waals surface area contributed by atoms with Crippen LogP contribution in [0.4, 0.5) is 0 Å². The Morgan fingerprint density at radius 1 is 1.10 bits per heavy atom. The molecule has 1 aromatic carbocycles. The molecule has 0 radical (unpaired) electrons. The molecule has 0 amide bonds. The number of fused-ring (bicyclic) bond motifs is 1. The first-order valence-electron chi connectivity index (χ1n) is 9.37. The van der Waals surface area contributed by atoms with Crippen molar-refractivity contribution >= 4 is 5.65 Å². The Morgan fingerprint density at radius 2 is 1.93 bits per heavy atom. The predicted octanol–water partition coefficient (Wildman–Crippen LogP) is 3.01. The number of nitrogens with zero attached hydrogens (tertiary/aromatic N) is 5. The first kappa shape index (κ1) is 17.9. The molecule has 148 valence electrons. The number of hydrogen-bond donors (Lipinski definition) is 1. The largest absolute Gasteiger partial charge is 0.497 e. The Bertz CT molecular complexity index is 1330. The summed E-state index contributed by atoms with van der Waals surface area (Å²) in [4.78, 5) is 27.8. The number of methoxy groups -OCH3 is 1. The van der Waals surface area contributed by atoms with E-state index in [1.54, 1.807) is 38.1 Å². The van der Waals surface area contributed by atoms with Gasteiger partial charge in [-0.05, 0) is 30.3 Å². The highest BCUT2D eigenvalue weighted by Crippen LogP contribution is 2.32. The summed E-state index contributed by atoms with van der Waals surface area (Å²) in [7, 11) is 1.64. The molecule has 0 bridgehead atoms. The van der Waals surface area contributed by atoms with Crippen LogP contribution in [-0.2, 0) is 6.54 Å². The summed E-state index contributed by atoms with van der Waals surface area (Å²) >= 11 is 0. The lowest BCUT2D eigenvalue weighted by Gasteiger charge is -2.10. The molecule has 8 heteroatoms. The smallest absolute Gasteiger partial charge is 0.247 e. The van der Waals surface area contributed by atoms with Gasteiger partial charge in [0.05, 0.1) is 43.3 Å². The minimum absolute atomic E-state index is 0.149. The molecule has 30 heavy (non-hydrogen) atoms. The molecule has 0 atom stereocenters. The maximum absolute atomic E-state index is 11.6. The van der Waals surface area contributed by atoms with Gasteiger partial charge in [0.2, 0.25) is 5.56 Å². The third-order valence-corrected chi connectivity index (χ3v) is 4.91. The normalized spacial score (nSPS) is 11.1. The first-order valence-corrected chi connectivity index (χ1v) is 9.37. The zero-order valence-electron chi connectivity index (χ0n) is 16.2. The topological polar surface area (TPSA) is 90.1 Å². The van der Waals surface area contributed by atoms with Crippen LogP contribution in [0.1, 0.15) is 5.69 Å². The van der Waals surface area contributed by atoms with Crippen LogP contribution in [0, 0.1) is 0 Å². The standard InChI is InChI=1S/C22H18N6O2/c1-30-18-5-2-15(3-6-18)21-22(16-4-7-20(29)24-10-16)28(14-25-21)13-17-12-27-9-8-23-11-19(27)26-17/h2-12,14H,13H2,1H3,(H,24,29).